The van der Waals surface area contributed by atoms with Crippen LogP contribution in [0.25, 0.3) is 11.4 Å². The number of aromatic nitrogens is 2. The number of nitrogens with one attached hydrogen (secondary N) is 1. The topological polar surface area (TPSA) is 88.3 Å². The van der Waals surface area contributed by atoms with Gasteiger partial charge in [0.2, 0.25) is 23.5 Å². The lowest BCUT2D eigenvalue weighted by Gasteiger charge is -2.32. The average molecular weight is 447 g/mol. The molecule has 0 spiro atoms. The number of aryl methyl sites for hydroxylation is 1. The van der Waals surface area contributed by atoms with E-state index in [0.717, 1.165) is 24.1 Å². The average Bonchev–Trinajstić information content (AvgIpc) is 3.32. The van der Waals surface area contributed by atoms with Gasteiger partial charge in [-0.25, -0.2) is 0 Å². The summed E-state index contributed by atoms with van der Waals surface area (Å²) < 4.78 is 5.36. The maximum absolute atomic E-state index is 12.8. The molecule has 2 aromatic carbocycles. The third kappa shape index (κ3) is 5.86. The molecule has 7 heteroatoms. The van der Waals surface area contributed by atoms with Gasteiger partial charge in [0.15, 0.2) is 0 Å². The number of benzene rings is 2. The molecule has 1 aromatic heterocycles. The summed E-state index contributed by atoms with van der Waals surface area (Å²) >= 11 is 0. The molecule has 1 saturated heterocycles. The van der Waals surface area contributed by atoms with Crippen molar-refractivity contribution in [3.05, 3.63) is 66.1 Å². The summed E-state index contributed by atoms with van der Waals surface area (Å²) in [5.41, 5.74) is 2.92. The van der Waals surface area contributed by atoms with E-state index in [-0.39, 0.29) is 24.2 Å². The molecule has 0 aliphatic carbocycles. The number of piperidine rings is 1. The van der Waals surface area contributed by atoms with Gasteiger partial charge in [-0.2, -0.15) is 4.98 Å². The van der Waals surface area contributed by atoms with E-state index < -0.39 is 0 Å². The quantitative estimate of drug-likeness (QED) is 0.570. The van der Waals surface area contributed by atoms with Crippen LogP contribution < -0.4 is 5.32 Å². The van der Waals surface area contributed by atoms with Crippen LogP contribution in [0.2, 0.25) is 0 Å². The van der Waals surface area contributed by atoms with Gasteiger partial charge in [-0.05, 0) is 36.5 Å². The molecule has 1 atom stereocenters. The first kappa shape index (κ1) is 22.7. The number of rotatable bonds is 7. The van der Waals surface area contributed by atoms with E-state index >= 15 is 0 Å². The zero-order chi connectivity index (χ0) is 23.2. The van der Waals surface area contributed by atoms with Crippen LogP contribution >= 0.6 is 0 Å². The Bertz CT molecular complexity index is 1080. The van der Waals surface area contributed by atoms with Gasteiger partial charge in [0.25, 0.3) is 0 Å². The molecule has 3 aromatic rings. The van der Waals surface area contributed by atoms with Crippen LogP contribution in [0.5, 0.6) is 0 Å². The molecular weight excluding hydrogens is 416 g/mol. The Morgan fingerprint density at radius 3 is 2.61 bits per heavy atom. The Balaban J connectivity index is 1.29. The molecule has 2 heterocycles. The van der Waals surface area contributed by atoms with Crippen molar-refractivity contribution in [1.29, 1.82) is 0 Å². The number of carbonyl (C=O) groups is 2. The van der Waals surface area contributed by atoms with Crippen molar-refractivity contribution >= 4 is 17.5 Å². The summed E-state index contributed by atoms with van der Waals surface area (Å²) in [5.74, 6) is 1.21. The lowest BCUT2D eigenvalue weighted by atomic mass is 9.96. The summed E-state index contributed by atoms with van der Waals surface area (Å²) in [6.45, 7) is 5.41. The molecule has 172 valence electrons. The monoisotopic (exact) mass is 446 g/mol. The van der Waals surface area contributed by atoms with E-state index in [2.05, 4.69) is 41.4 Å². The van der Waals surface area contributed by atoms with Crippen LogP contribution in [0.15, 0.2) is 59.1 Å². The van der Waals surface area contributed by atoms with E-state index in [1.807, 2.05) is 42.5 Å². The predicted molar refractivity (Wildman–Crippen MR) is 127 cm³/mol. The third-order valence-electron chi connectivity index (χ3n) is 6.04. The zero-order valence-electron chi connectivity index (χ0n) is 19.2. The van der Waals surface area contributed by atoms with Crippen LogP contribution in [0.1, 0.15) is 50.5 Å². The predicted octanol–water partition coefficient (Wildman–Crippen LogP) is 4.67. The molecule has 1 unspecified atom stereocenters. The highest BCUT2D eigenvalue weighted by atomic mass is 16.5. The lowest BCUT2D eigenvalue weighted by Crippen LogP contribution is -2.43. The Hall–Kier alpha value is -3.48. The minimum atomic E-state index is -0.202. The van der Waals surface area contributed by atoms with Crippen molar-refractivity contribution < 1.29 is 14.1 Å². The number of anilines is 1. The zero-order valence-corrected chi connectivity index (χ0v) is 19.2. The molecule has 33 heavy (non-hydrogen) atoms. The first-order valence-electron chi connectivity index (χ1n) is 11.6. The molecule has 1 aliphatic heterocycles. The van der Waals surface area contributed by atoms with Crippen molar-refractivity contribution in [1.82, 2.24) is 15.0 Å². The van der Waals surface area contributed by atoms with E-state index in [0.29, 0.717) is 37.1 Å². The van der Waals surface area contributed by atoms with Gasteiger partial charge in [0, 0.05) is 37.2 Å². The van der Waals surface area contributed by atoms with Crippen LogP contribution in [0.4, 0.5) is 5.69 Å². The Kier molecular flexibility index (Phi) is 7.17. The van der Waals surface area contributed by atoms with Crippen molar-refractivity contribution in [2.24, 2.45) is 5.92 Å². The maximum Gasteiger partial charge on any atom is 0.229 e. The molecular formula is C26H30N4O3. The first-order chi connectivity index (χ1) is 16.0. The molecule has 1 fully saturated rings. The van der Waals surface area contributed by atoms with Crippen LogP contribution in [-0.4, -0.2) is 39.9 Å². The van der Waals surface area contributed by atoms with Gasteiger partial charge >= 0.3 is 0 Å². The number of nitrogens with zero attached hydrogens (tertiary/aromatic N) is 3. The number of carbonyl (C=O) groups excluding carboxylic acids is 2. The lowest BCUT2D eigenvalue weighted by molar-refractivity contribution is -0.134. The maximum atomic E-state index is 12.8. The molecule has 4 rings (SSSR count). The van der Waals surface area contributed by atoms with Gasteiger partial charge in [0.1, 0.15) is 0 Å². The molecule has 1 N–H and O–H groups in total. The van der Waals surface area contributed by atoms with E-state index in [9.17, 15) is 9.59 Å². The molecule has 1 aliphatic rings. The standard InChI is InChI=1S/C26H30N4O3/c1-18(2)19-10-12-20(13-11-19)25-28-23(33-29-25)14-15-24(31)30-16-6-7-21(17-30)26(32)27-22-8-4-3-5-9-22/h3-5,8-13,18,21H,6-7,14-17H2,1-2H3,(H,27,32). The second-order valence-corrected chi connectivity index (χ2v) is 8.82. The Labute approximate surface area is 194 Å². The van der Waals surface area contributed by atoms with E-state index in [4.69, 9.17) is 4.52 Å². The Morgan fingerprint density at radius 2 is 1.88 bits per heavy atom. The van der Waals surface area contributed by atoms with Crippen LogP contribution in [0.3, 0.4) is 0 Å². The van der Waals surface area contributed by atoms with Crippen LogP contribution in [-0.2, 0) is 16.0 Å². The second kappa shape index (κ2) is 10.4. The first-order valence-corrected chi connectivity index (χ1v) is 11.6. The second-order valence-electron chi connectivity index (χ2n) is 8.82. The summed E-state index contributed by atoms with van der Waals surface area (Å²) in [4.78, 5) is 31.6. The molecule has 7 nitrogen and oxygen atoms in total. The summed E-state index contributed by atoms with van der Waals surface area (Å²) in [7, 11) is 0. The number of hydrogen-bond donors (Lipinski definition) is 1. The van der Waals surface area contributed by atoms with Crippen molar-refractivity contribution in [3.63, 3.8) is 0 Å². The highest BCUT2D eigenvalue weighted by Crippen LogP contribution is 2.22. The molecule has 2 amide bonds. The SMILES string of the molecule is CC(C)c1ccc(-c2noc(CCC(=O)N3CCCC(C(=O)Nc4ccccc4)C3)n2)cc1. The minimum absolute atomic E-state index is 0.00764. The van der Waals surface area contributed by atoms with Gasteiger partial charge < -0.3 is 14.7 Å². The van der Waals surface area contributed by atoms with E-state index in [1.165, 1.54) is 5.56 Å². The largest absolute Gasteiger partial charge is 0.342 e. The minimum Gasteiger partial charge on any atom is -0.342 e. The number of likely N-dealkylation sites (tertiary alicyclic amines) is 1. The molecule has 0 radical (unpaired) electrons. The van der Waals surface area contributed by atoms with Gasteiger partial charge in [-0.15, -0.1) is 0 Å². The third-order valence-corrected chi connectivity index (χ3v) is 6.04. The van der Waals surface area contributed by atoms with Crippen molar-refractivity contribution in [3.8, 4) is 11.4 Å². The number of para-hydroxylation sites is 1. The smallest absolute Gasteiger partial charge is 0.229 e. The van der Waals surface area contributed by atoms with Gasteiger partial charge in [0.05, 0.1) is 5.92 Å². The molecule has 0 bridgehead atoms. The fraction of sp³-hybridized carbons (Fsp3) is 0.385. The normalized spacial score (nSPS) is 16.1. The summed E-state index contributed by atoms with van der Waals surface area (Å²) in [5, 5.41) is 7.01. The highest BCUT2D eigenvalue weighted by molar-refractivity contribution is 5.93. The fourth-order valence-corrected chi connectivity index (χ4v) is 4.05. The molecule has 0 saturated carbocycles. The number of amides is 2. The van der Waals surface area contributed by atoms with E-state index in [1.54, 1.807) is 4.90 Å². The summed E-state index contributed by atoms with van der Waals surface area (Å²) in [6, 6.07) is 17.5. The summed E-state index contributed by atoms with van der Waals surface area (Å²) in [6.07, 6.45) is 2.26. The van der Waals surface area contributed by atoms with Crippen molar-refractivity contribution in [2.75, 3.05) is 18.4 Å². The van der Waals surface area contributed by atoms with Crippen LogP contribution in [0, 0.1) is 5.92 Å². The highest BCUT2D eigenvalue weighted by Gasteiger charge is 2.28. The fourth-order valence-electron chi connectivity index (χ4n) is 4.05. The Morgan fingerprint density at radius 1 is 1.12 bits per heavy atom. The number of hydrogen-bond acceptors (Lipinski definition) is 5. The van der Waals surface area contributed by atoms with Gasteiger partial charge in [-0.3, -0.25) is 9.59 Å². The van der Waals surface area contributed by atoms with Gasteiger partial charge in [-0.1, -0.05) is 61.5 Å². The van der Waals surface area contributed by atoms with Crippen molar-refractivity contribution in [2.45, 2.75) is 45.4 Å².